The van der Waals surface area contributed by atoms with Crippen LogP contribution in [-0.2, 0) is 10.8 Å². The molecule has 0 aromatic heterocycles. The molecule has 1 nitrogen and oxygen atoms in total. The second kappa shape index (κ2) is 6.87. The highest BCUT2D eigenvalue weighted by Crippen LogP contribution is 2.21. The van der Waals surface area contributed by atoms with Crippen molar-refractivity contribution in [1.82, 2.24) is 0 Å². The van der Waals surface area contributed by atoms with Gasteiger partial charge in [0.25, 0.3) is 0 Å². The molecule has 0 saturated carbocycles. The van der Waals surface area contributed by atoms with E-state index in [1.54, 1.807) is 0 Å². The minimum absolute atomic E-state index is 0.312. The summed E-state index contributed by atoms with van der Waals surface area (Å²) in [7, 11) is -1.50. The van der Waals surface area contributed by atoms with E-state index in [0.29, 0.717) is 6.10 Å². The van der Waals surface area contributed by atoms with Crippen LogP contribution in [-0.4, -0.2) is 14.4 Å². The van der Waals surface area contributed by atoms with Crippen molar-refractivity contribution in [2.75, 3.05) is 0 Å². The molecule has 18 heavy (non-hydrogen) atoms. The van der Waals surface area contributed by atoms with Crippen molar-refractivity contribution in [1.29, 1.82) is 0 Å². The first kappa shape index (κ1) is 15.9. The summed E-state index contributed by atoms with van der Waals surface area (Å²) in [6.45, 7) is 11.4. The molecule has 0 aliphatic rings. The van der Waals surface area contributed by atoms with E-state index < -0.39 is 8.32 Å². The lowest BCUT2D eigenvalue weighted by molar-refractivity contribution is 0.209. The van der Waals surface area contributed by atoms with Crippen LogP contribution in [0.2, 0.25) is 19.1 Å². The van der Waals surface area contributed by atoms with Gasteiger partial charge in [-0.05, 0) is 56.1 Å². The Balaban J connectivity index is 2.50. The minimum Gasteiger partial charge on any atom is -0.414 e. The SMILES string of the molecule is CC(C)C[Si](C)(C)OC(C)Cc1ccc(Br)cc1. The quantitative estimate of drug-likeness (QED) is 0.647. The van der Waals surface area contributed by atoms with Gasteiger partial charge in [-0.15, -0.1) is 0 Å². The van der Waals surface area contributed by atoms with Crippen molar-refractivity contribution in [3.63, 3.8) is 0 Å². The van der Waals surface area contributed by atoms with Crippen LogP contribution >= 0.6 is 15.9 Å². The van der Waals surface area contributed by atoms with Crippen LogP contribution in [0.15, 0.2) is 28.7 Å². The number of rotatable bonds is 6. The summed E-state index contributed by atoms with van der Waals surface area (Å²) < 4.78 is 7.44. The molecule has 102 valence electrons. The van der Waals surface area contributed by atoms with Crippen molar-refractivity contribution >= 4 is 24.2 Å². The average Bonchev–Trinajstić information content (AvgIpc) is 2.18. The Morgan fingerprint density at radius 3 is 2.17 bits per heavy atom. The van der Waals surface area contributed by atoms with Gasteiger partial charge in [0.1, 0.15) is 0 Å². The Morgan fingerprint density at radius 1 is 1.11 bits per heavy atom. The zero-order chi connectivity index (χ0) is 13.8. The van der Waals surface area contributed by atoms with Crippen molar-refractivity contribution in [2.45, 2.75) is 52.4 Å². The Kier molecular flexibility index (Phi) is 6.08. The van der Waals surface area contributed by atoms with E-state index in [9.17, 15) is 0 Å². The molecule has 0 heterocycles. The fourth-order valence-electron chi connectivity index (χ4n) is 2.57. The van der Waals surface area contributed by atoms with Gasteiger partial charge in [0, 0.05) is 10.6 Å². The van der Waals surface area contributed by atoms with Crippen molar-refractivity contribution in [3.05, 3.63) is 34.3 Å². The van der Waals surface area contributed by atoms with Gasteiger partial charge in [-0.2, -0.15) is 0 Å². The molecule has 1 aromatic carbocycles. The first-order valence-corrected chi connectivity index (χ1v) is 10.6. The standard InChI is InChI=1S/C15H25BrOSi/c1-12(2)11-18(4,5)17-13(3)10-14-6-8-15(16)9-7-14/h6-9,12-13H,10-11H2,1-5H3. The van der Waals surface area contributed by atoms with E-state index in [-0.39, 0.29) is 0 Å². The number of hydrogen-bond acceptors (Lipinski definition) is 1. The highest BCUT2D eigenvalue weighted by atomic mass is 79.9. The largest absolute Gasteiger partial charge is 0.414 e. The lowest BCUT2D eigenvalue weighted by atomic mass is 10.1. The van der Waals surface area contributed by atoms with Crippen molar-refractivity contribution in [3.8, 4) is 0 Å². The van der Waals surface area contributed by atoms with E-state index in [0.717, 1.165) is 16.8 Å². The van der Waals surface area contributed by atoms with Crippen LogP contribution in [0.3, 0.4) is 0 Å². The zero-order valence-electron chi connectivity index (χ0n) is 12.2. The van der Waals surface area contributed by atoms with Gasteiger partial charge in [0.05, 0.1) is 0 Å². The van der Waals surface area contributed by atoms with Crippen LogP contribution in [0.1, 0.15) is 26.3 Å². The molecule has 1 aromatic rings. The lowest BCUT2D eigenvalue weighted by Gasteiger charge is -2.29. The molecular weight excluding hydrogens is 304 g/mol. The smallest absolute Gasteiger partial charge is 0.187 e. The zero-order valence-corrected chi connectivity index (χ0v) is 14.8. The minimum atomic E-state index is -1.50. The van der Waals surface area contributed by atoms with Crippen LogP contribution in [0, 0.1) is 5.92 Å². The molecular formula is C15H25BrOSi. The summed E-state index contributed by atoms with van der Waals surface area (Å²) in [4.78, 5) is 0. The second-order valence-electron chi connectivity index (χ2n) is 6.12. The van der Waals surface area contributed by atoms with E-state index >= 15 is 0 Å². The normalized spacial score (nSPS) is 13.9. The summed E-state index contributed by atoms with van der Waals surface area (Å²) in [6, 6.07) is 9.76. The first-order chi connectivity index (χ1) is 8.28. The van der Waals surface area contributed by atoms with E-state index in [1.807, 2.05) is 0 Å². The molecule has 0 aliphatic heterocycles. The van der Waals surface area contributed by atoms with E-state index in [2.05, 4.69) is 74.1 Å². The van der Waals surface area contributed by atoms with Gasteiger partial charge in [0.2, 0.25) is 0 Å². The molecule has 3 heteroatoms. The maximum absolute atomic E-state index is 6.31. The van der Waals surface area contributed by atoms with Gasteiger partial charge >= 0.3 is 0 Å². The van der Waals surface area contributed by atoms with Crippen molar-refractivity contribution in [2.24, 2.45) is 5.92 Å². The molecule has 0 N–H and O–H groups in total. The van der Waals surface area contributed by atoms with Crippen molar-refractivity contribution < 1.29 is 4.43 Å². The molecule has 0 radical (unpaired) electrons. The summed E-state index contributed by atoms with van der Waals surface area (Å²) in [5.41, 5.74) is 1.35. The van der Waals surface area contributed by atoms with Gasteiger partial charge in [-0.25, -0.2) is 0 Å². The fourth-order valence-corrected chi connectivity index (χ4v) is 6.07. The van der Waals surface area contributed by atoms with Gasteiger partial charge in [0.15, 0.2) is 8.32 Å². The monoisotopic (exact) mass is 328 g/mol. The van der Waals surface area contributed by atoms with E-state index in [1.165, 1.54) is 11.6 Å². The average molecular weight is 329 g/mol. The maximum Gasteiger partial charge on any atom is 0.187 e. The van der Waals surface area contributed by atoms with Crippen LogP contribution < -0.4 is 0 Å². The molecule has 1 unspecified atom stereocenters. The molecule has 1 rings (SSSR count). The molecule has 0 bridgehead atoms. The third kappa shape index (κ3) is 6.16. The fraction of sp³-hybridized carbons (Fsp3) is 0.600. The second-order valence-corrected chi connectivity index (χ2v) is 11.2. The highest BCUT2D eigenvalue weighted by Gasteiger charge is 2.26. The number of halogens is 1. The Morgan fingerprint density at radius 2 is 1.67 bits per heavy atom. The molecule has 0 spiro atoms. The third-order valence-corrected chi connectivity index (χ3v) is 6.23. The van der Waals surface area contributed by atoms with Crippen LogP contribution in [0.4, 0.5) is 0 Å². The maximum atomic E-state index is 6.31. The highest BCUT2D eigenvalue weighted by molar-refractivity contribution is 9.10. The van der Waals surface area contributed by atoms with Gasteiger partial charge in [-0.3, -0.25) is 0 Å². The predicted molar refractivity (Wildman–Crippen MR) is 85.5 cm³/mol. The Labute approximate surface area is 121 Å². The molecule has 0 saturated heterocycles. The molecule has 0 amide bonds. The predicted octanol–water partition coefficient (Wildman–Crippen LogP) is 5.26. The summed E-state index contributed by atoms with van der Waals surface area (Å²) in [5.74, 6) is 0.728. The topological polar surface area (TPSA) is 9.23 Å². The lowest BCUT2D eigenvalue weighted by Crippen LogP contribution is -2.36. The van der Waals surface area contributed by atoms with Crippen LogP contribution in [0.25, 0.3) is 0 Å². The number of benzene rings is 1. The van der Waals surface area contributed by atoms with Crippen LogP contribution in [0.5, 0.6) is 0 Å². The summed E-state index contributed by atoms with van der Waals surface area (Å²) in [6.07, 6.45) is 1.31. The Hall–Kier alpha value is -0.123. The van der Waals surface area contributed by atoms with Gasteiger partial charge in [-0.1, -0.05) is 41.9 Å². The third-order valence-electron chi connectivity index (χ3n) is 2.86. The summed E-state index contributed by atoms with van der Waals surface area (Å²) in [5, 5.41) is 0. The Bertz CT molecular complexity index is 359. The number of hydrogen-bond donors (Lipinski definition) is 0. The van der Waals surface area contributed by atoms with E-state index in [4.69, 9.17) is 4.43 Å². The molecule has 0 fully saturated rings. The summed E-state index contributed by atoms with van der Waals surface area (Å²) >= 11 is 3.46. The molecule has 1 atom stereocenters. The molecule has 0 aliphatic carbocycles. The van der Waals surface area contributed by atoms with Gasteiger partial charge < -0.3 is 4.43 Å². The first-order valence-electron chi connectivity index (χ1n) is 6.71.